The smallest absolute Gasteiger partial charge is 0.269 e. The number of hydrogen-bond acceptors (Lipinski definition) is 6. The van der Waals surface area contributed by atoms with Gasteiger partial charge in [0.05, 0.1) is 25.7 Å². The number of nitrogens with one attached hydrogen (secondary N) is 2. The summed E-state index contributed by atoms with van der Waals surface area (Å²) in [7, 11) is -0.276. The molecule has 1 fully saturated rings. The van der Waals surface area contributed by atoms with E-state index in [1.54, 1.807) is 42.5 Å². The van der Waals surface area contributed by atoms with E-state index in [-0.39, 0.29) is 11.3 Å². The van der Waals surface area contributed by atoms with Crippen LogP contribution in [0.3, 0.4) is 0 Å². The van der Waals surface area contributed by atoms with Gasteiger partial charge in [-0.15, -0.1) is 0 Å². The number of amides is 2. The quantitative estimate of drug-likeness (QED) is 0.517. The molecule has 0 unspecified atom stereocenters. The average molecular weight is 445 g/mol. The van der Waals surface area contributed by atoms with Gasteiger partial charge in [0, 0.05) is 18.2 Å². The predicted molar refractivity (Wildman–Crippen MR) is 116 cm³/mol. The van der Waals surface area contributed by atoms with Crippen molar-refractivity contribution >= 4 is 33.6 Å². The van der Waals surface area contributed by atoms with Crippen molar-refractivity contribution in [2.75, 3.05) is 30.8 Å². The first-order valence-electron chi connectivity index (χ1n) is 9.45. The Morgan fingerprint density at radius 3 is 2.32 bits per heavy atom. The number of hydrogen-bond donors (Lipinski definition) is 2. The Morgan fingerprint density at radius 2 is 1.71 bits per heavy atom. The summed E-state index contributed by atoms with van der Waals surface area (Å²) < 4.78 is 35.6. The van der Waals surface area contributed by atoms with E-state index in [0.29, 0.717) is 35.7 Å². The monoisotopic (exact) mass is 445 g/mol. The van der Waals surface area contributed by atoms with Crippen LogP contribution in [-0.4, -0.2) is 46.7 Å². The van der Waals surface area contributed by atoms with Gasteiger partial charge in [-0.25, -0.2) is 8.42 Å². The molecule has 164 valence electrons. The molecule has 0 aliphatic carbocycles. The topological polar surface area (TPSA) is 114 Å². The van der Waals surface area contributed by atoms with E-state index >= 15 is 0 Å². The van der Waals surface area contributed by atoms with Crippen LogP contribution in [0.15, 0.2) is 48.5 Å². The zero-order chi connectivity index (χ0) is 22.4. The third kappa shape index (κ3) is 5.34. The Morgan fingerprint density at radius 1 is 1.00 bits per heavy atom. The van der Waals surface area contributed by atoms with E-state index in [1.165, 1.54) is 30.7 Å². The van der Waals surface area contributed by atoms with Gasteiger partial charge in [-0.3, -0.25) is 24.7 Å². The summed E-state index contributed by atoms with van der Waals surface area (Å²) in [6, 6.07) is 11.5. The number of carbonyl (C=O) groups excluding carboxylic acids is 2. The van der Waals surface area contributed by atoms with Crippen LogP contribution in [0.5, 0.6) is 11.5 Å². The fourth-order valence-electron chi connectivity index (χ4n) is 3.06. The second-order valence-electron chi connectivity index (χ2n) is 6.68. The van der Waals surface area contributed by atoms with E-state index in [9.17, 15) is 18.0 Å². The molecule has 2 N–H and O–H groups in total. The molecule has 0 spiro atoms. The zero-order valence-corrected chi connectivity index (χ0v) is 17.9. The third-order valence-corrected chi connectivity index (χ3v) is 6.52. The maximum Gasteiger partial charge on any atom is 0.269 e. The normalized spacial score (nSPS) is 15.0. The molecule has 0 saturated carbocycles. The third-order valence-electron chi connectivity index (χ3n) is 4.65. The summed E-state index contributed by atoms with van der Waals surface area (Å²) in [4.78, 5) is 24.2. The largest absolute Gasteiger partial charge is 0.493 e. The molecule has 10 heteroatoms. The number of nitrogens with zero attached hydrogens (tertiary/aromatic N) is 1. The molecule has 3 rings (SSSR count). The first kappa shape index (κ1) is 22.2. The molecule has 1 saturated heterocycles. The van der Waals surface area contributed by atoms with Crippen LogP contribution in [-0.2, 0) is 14.8 Å². The van der Waals surface area contributed by atoms with Crippen molar-refractivity contribution in [3.05, 3.63) is 59.7 Å². The molecule has 31 heavy (non-hydrogen) atoms. The number of anilines is 1. The summed E-state index contributed by atoms with van der Waals surface area (Å²) in [5.41, 5.74) is 6.21. The second kappa shape index (κ2) is 9.52. The Balaban J connectivity index is 1.55. The van der Waals surface area contributed by atoms with Crippen molar-refractivity contribution < 1.29 is 27.5 Å². The highest BCUT2D eigenvalue weighted by molar-refractivity contribution is 7.93. The maximum absolute atomic E-state index is 12.2. The van der Waals surface area contributed by atoms with Crippen molar-refractivity contribution in [1.29, 1.82) is 0 Å². The van der Waals surface area contributed by atoms with E-state index in [4.69, 9.17) is 9.47 Å². The molecular weight excluding hydrogens is 422 g/mol. The number of methoxy groups -OCH3 is 2. The van der Waals surface area contributed by atoms with E-state index in [2.05, 4.69) is 10.9 Å². The van der Waals surface area contributed by atoms with Gasteiger partial charge < -0.3 is 9.47 Å². The van der Waals surface area contributed by atoms with Gasteiger partial charge in [-0.05, 0) is 48.4 Å². The highest BCUT2D eigenvalue weighted by Gasteiger charge is 2.28. The number of benzene rings is 2. The molecule has 9 nitrogen and oxygen atoms in total. The van der Waals surface area contributed by atoms with Crippen LogP contribution in [0, 0.1) is 0 Å². The Labute approximate surface area is 180 Å². The number of hydrazine groups is 1. The van der Waals surface area contributed by atoms with Crippen molar-refractivity contribution in [3.8, 4) is 11.5 Å². The first-order chi connectivity index (χ1) is 14.8. The van der Waals surface area contributed by atoms with Gasteiger partial charge in [0.2, 0.25) is 10.0 Å². The molecule has 1 aliphatic rings. The minimum Gasteiger partial charge on any atom is -0.493 e. The van der Waals surface area contributed by atoms with Gasteiger partial charge in [0.25, 0.3) is 11.8 Å². The molecular formula is C21H23N3O6S. The highest BCUT2D eigenvalue weighted by Crippen LogP contribution is 2.27. The maximum atomic E-state index is 12.2. The molecule has 2 aromatic carbocycles. The minimum absolute atomic E-state index is 0.157. The van der Waals surface area contributed by atoms with Crippen LogP contribution in [0.4, 0.5) is 5.69 Å². The van der Waals surface area contributed by atoms with Crippen LogP contribution in [0.25, 0.3) is 6.08 Å². The van der Waals surface area contributed by atoms with Crippen LogP contribution >= 0.6 is 0 Å². The number of sulfonamides is 1. The van der Waals surface area contributed by atoms with E-state index in [0.717, 1.165) is 0 Å². The Hall–Kier alpha value is -3.53. The fourth-order valence-corrected chi connectivity index (χ4v) is 4.63. The predicted octanol–water partition coefficient (Wildman–Crippen LogP) is 1.72. The van der Waals surface area contributed by atoms with Gasteiger partial charge in [-0.1, -0.05) is 12.1 Å². The Bertz CT molecular complexity index is 1100. The molecule has 0 aromatic heterocycles. The summed E-state index contributed by atoms with van der Waals surface area (Å²) in [6.07, 6.45) is 3.43. The highest BCUT2D eigenvalue weighted by atomic mass is 32.2. The number of rotatable bonds is 6. The lowest BCUT2D eigenvalue weighted by molar-refractivity contribution is -0.117. The molecule has 0 atom stereocenters. The van der Waals surface area contributed by atoms with Gasteiger partial charge in [0.15, 0.2) is 11.5 Å². The molecule has 2 amide bonds. The van der Waals surface area contributed by atoms with Crippen molar-refractivity contribution in [2.45, 2.75) is 6.42 Å². The molecule has 2 aromatic rings. The lowest BCUT2D eigenvalue weighted by Gasteiger charge is -2.16. The van der Waals surface area contributed by atoms with E-state index < -0.39 is 21.8 Å². The van der Waals surface area contributed by atoms with Gasteiger partial charge in [0.1, 0.15) is 0 Å². The van der Waals surface area contributed by atoms with Gasteiger partial charge in [-0.2, -0.15) is 0 Å². The lowest BCUT2D eigenvalue weighted by Crippen LogP contribution is -2.40. The zero-order valence-electron chi connectivity index (χ0n) is 17.1. The van der Waals surface area contributed by atoms with Crippen LogP contribution < -0.4 is 24.6 Å². The van der Waals surface area contributed by atoms with Crippen LogP contribution in [0.1, 0.15) is 22.3 Å². The summed E-state index contributed by atoms with van der Waals surface area (Å²) in [5, 5.41) is 0. The molecule has 0 bridgehead atoms. The summed E-state index contributed by atoms with van der Waals surface area (Å²) in [5.74, 6) is -0.00560. The second-order valence-corrected chi connectivity index (χ2v) is 8.69. The van der Waals surface area contributed by atoms with Gasteiger partial charge >= 0.3 is 0 Å². The Kier molecular flexibility index (Phi) is 6.81. The number of ether oxygens (including phenoxy) is 2. The SMILES string of the molecule is COc1ccc(C(=O)NNC(=O)/C=C/c2ccc(N3CCCS3(=O)=O)cc2)cc1OC. The molecule has 0 radical (unpaired) electrons. The first-order valence-corrected chi connectivity index (χ1v) is 11.1. The van der Waals surface area contributed by atoms with Crippen molar-refractivity contribution in [1.82, 2.24) is 10.9 Å². The molecule has 1 heterocycles. The fraction of sp³-hybridized carbons (Fsp3) is 0.238. The van der Waals surface area contributed by atoms with Crippen LogP contribution in [0.2, 0.25) is 0 Å². The standard InChI is InChI=1S/C21H23N3O6S/c1-29-18-10-7-16(14-19(18)30-2)21(26)23-22-20(25)11-6-15-4-8-17(9-5-15)24-12-3-13-31(24,27)28/h4-11,14H,3,12-13H2,1-2H3,(H,22,25)(H,23,26)/b11-6+. The van der Waals surface area contributed by atoms with E-state index in [1.807, 2.05) is 0 Å². The van der Waals surface area contributed by atoms with Crippen molar-refractivity contribution in [3.63, 3.8) is 0 Å². The van der Waals surface area contributed by atoms with Crippen molar-refractivity contribution in [2.24, 2.45) is 0 Å². The lowest BCUT2D eigenvalue weighted by atomic mass is 10.2. The minimum atomic E-state index is -3.23. The molecule has 1 aliphatic heterocycles. The summed E-state index contributed by atoms with van der Waals surface area (Å²) >= 11 is 0. The number of carbonyl (C=O) groups is 2. The summed E-state index contributed by atoms with van der Waals surface area (Å²) in [6.45, 7) is 0.472. The average Bonchev–Trinajstić information content (AvgIpc) is 3.14.